The van der Waals surface area contributed by atoms with Crippen LogP contribution in [0.3, 0.4) is 0 Å². The second kappa shape index (κ2) is 9.08. The lowest BCUT2D eigenvalue weighted by Gasteiger charge is -2.49. The van der Waals surface area contributed by atoms with E-state index in [-0.39, 0.29) is 29.8 Å². The molecule has 7 nitrogen and oxygen atoms in total. The molecule has 0 bridgehead atoms. The summed E-state index contributed by atoms with van der Waals surface area (Å²) in [7, 11) is 0. The summed E-state index contributed by atoms with van der Waals surface area (Å²) in [5, 5.41) is 7.08. The molecule has 34 heavy (non-hydrogen) atoms. The third kappa shape index (κ3) is 3.89. The zero-order valence-electron chi connectivity index (χ0n) is 20.4. The Hall–Kier alpha value is -2.83. The summed E-state index contributed by atoms with van der Waals surface area (Å²) in [4.78, 5) is 42.2. The van der Waals surface area contributed by atoms with Gasteiger partial charge in [-0.2, -0.15) is 0 Å². The molecule has 2 heterocycles. The molecule has 3 amide bonds. The first-order valence-corrected chi connectivity index (χ1v) is 12.9. The fraction of sp³-hybridized carbons (Fsp3) is 0.593. The highest BCUT2D eigenvalue weighted by Gasteiger charge is 2.51. The van der Waals surface area contributed by atoms with E-state index in [1.807, 2.05) is 40.7 Å². The molecule has 2 fully saturated rings. The molecule has 1 aromatic heterocycles. The van der Waals surface area contributed by atoms with Crippen molar-refractivity contribution in [2.45, 2.75) is 102 Å². The number of anilines is 1. The van der Waals surface area contributed by atoms with Gasteiger partial charge < -0.3 is 20.1 Å². The fourth-order valence-corrected chi connectivity index (χ4v) is 6.39. The average molecular weight is 465 g/mol. The molecular formula is C27H36N4O3. The minimum atomic E-state index is -0.987. The van der Waals surface area contributed by atoms with E-state index < -0.39 is 5.54 Å². The second-order valence-corrected chi connectivity index (χ2v) is 10.6. The first-order chi connectivity index (χ1) is 16.4. The molecule has 0 unspecified atom stereocenters. The van der Waals surface area contributed by atoms with Crippen molar-refractivity contribution in [3.05, 3.63) is 30.0 Å². The molecule has 0 saturated heterocycles. The number of fused-ring (bicyclic) bond motifs is 3. The third-order valence-corrected chi connectivity index (χ3v) is 8.06. The third-order valence-electron chi connectivity index (χ3n) is 8.06. The molecule has 182 valence electrons. The van der Waals surface area contributed by atoms with Gasteiger partial charge in [0, 0.05) is 24.4 Å². The summed E-state index contributed by atoms with van der Waals surface area (Å²) >= 11 is 0. The van der Waals surface area contributed by atoms with Gasteiger partial charge in [-0.3, -0.25) is 14.4 Å². The minimum absolute atomic E-state index is 0.0281. The molecule has 3 aliphatic rings. The molecule has 2 aromatic rings. The first-order valence-electron chi connectivity index (χ1n) is 12.9. The van der Waals surface area contributed by atoms with Crippen LogP contribution in [0.25, 0.3) is 10.9 Å². The molecule has 0 radical (unpaired) electrons. The van der Waals surface area contributed by atoms with Crippen molar-refractivity contribution in [1.29, 1.82) is 0 Å². The zero-order chi connectivity index (χ0) is 23.9. The molecule has 0 spiro atoms. The maximum absolute atomic E-state index is 14.3. The predicted molar refractivity (Wildman–Crippen MR) is 133 cm³/mol. The topological polar surface area (TPSA) is 83.4 Å². The summed E-state index contributed by atoms with van der Waals surface area (Å²) in [5.41, 5.74) is 0.932. The molecule has 2 aliphatic carbocycles. The largest absolute Gasteiger partial charge is 0.351 e. The summed E-state index contributed by atoms with van der Waals surface area (Å²) < 4.78 is 1.96. The van der Waals surface area contributed by atoms with Crippen LogP contribution in [0.1, 0.15) is 88.5 Å². The quantitative estimate of drug-likeness (QED) is 0.694. The second-order valence-electron chi connectivity index (χ2n) is 10.6. The van der Waals surface area contributed by atoms with Gasteiger partial charge in [0.05, 0.1) is 17.7 Å². The Morgan fingerprint density at radius 2 is 1.62 bits per heavy atom. The van der Waals surface area contributed by atoms with Crippen LogP contribution >= 0.6 is 0 Å². The highest BCUT2D eigenvalue weighted by atomic mass is 16.2. The van der Waals surface area contributed by atoms with E-state index in [0.717, 1.165) is 62.3 Å². The van der Waals surface area contributed by atoms with Gasteiger partial charge in [-0.25, -0.2) is 0 Å². The summed E-state index contributed by atoms with van der Waals surface area (Å²) in [5.74, 6) is -0.415. The molecule has 2 N–H and O–H groups in total. The Morgan fingerprint density at radius 1 is 0.971 bits per heavy atom. The smallest absolute Gasteiger partial charge is 0.273 e. The van der Waals surface area contributed by atoms with Crippen molar-refractivity contribution in [3.63, 3.8) is 0 Å². The Bertz CT molecular complexity index is 1110. The van der Waals surface area contributed by atoms with E-state index in [1.54, 1.807) is 0 Å². The SMILES string of the molecule is CC(=O)Nc1c2n(c3ccccc13)C[C@@](C)(C(=O)NC1CCCCC1)N(C1CCCCC1)C2=O. The lowest BCUT2D eigenvalue weighted by molar-refractivity contribution is -0.135. The molecule has 1 aliphatic heterocycles. The van der Waals surface area contributed by atoms with Crippen LogP contribution in [0.2, 0.25) is 0 Å². The number of para-hydroxylation sites is 1. The van der Waals surface area contributed by atoms with Crippen LogP contribution < -0.4 is 10.6 Å². The highest BCUT2D eigenvalue weighted by Crippen LogP contribution is 2.41. The van der Waals surface area contributed by atoms with E-state index in [4.69, 9.17) is 0 Å². The van der Waals surface area contributed by atoms with Crippen LogP contribution in [0.15, 0.2) is 24.3 Å². The maximum Gasteiger partial charge on any atom is 0.273 e. The minimum Gasteiger partial charge on any atom is -0.351 e. The van der Waals surface area contributed by atoms with Gasteiger partial charge in [-0.1, -0.05) is 56.7 Å². The Morgan fingerprint density at radius 3 is 2.29 bits per heavy atom. The highest BCUT2D eigenvalue weighted by molar-refractivity contribution is 6.14. The number of benzene rings is 1. The monoisotopic (exact) mass is 464 g/mol. The van der Waals surface area contributed by atoms with E-state index >= 15 is 0 Å². The summed E-state index contributed by atoms with van der Waals surface area (Å²) in [6.07, 6.45) is 10.6. The maximum atomic E-state index is 14.3. The van der Waals surface area contributed by atoms with Crippen molar-refractivity contribution >= 4 is 34.3 Å². The Balaban J connectivity index is 1.61. The number of hydrogen-bond acceptors (Lipinski definition) is 3. The van der Waals surface area contributed by atoms with E-state index in [9.17, 15) is 14.4 Å². The van der Waals surface area contributed by atoms with Crippen molar-refractivity contribution in [2.75, 3.05) is 5.32 Å². The number of nitrogens with zero attached hydrogens (tertiary/aromatic N) is 2. The van der Waals surface area contributed by atoms with Gasteiger partial charge in [0.2, 0.25) is 11.8 Å². The van der Waals surface area contributed by atoms with Crippen LogP contribution in [0.5, 0.6) is 0 Å². The van der Waals surface area contributed by atoms with Gasteiger partial charge in [0.1, 0.15) is 11.2 Å². The van der Waals surface area contributed by atoms with Crippen molar-refractivity contribution in [3.8, 4) is 0 Å². The van der Waals surface area contributed by atoms with Crippen molar-refractivity contribution < 1.29 is 14.4 Å². The molecule has 7 heteroatoms. The predicted octanol–water partition coefficient (Wildman–Crippen LogP) is 4.60. The number of rotatable bonds is 4. The van der Waals surface area contributed by atoms with E-state index in [1.165, 1.54) is 19.8 Å². The average Bonchev–Trinajstić information content (AvgIpc) is 3.13. The molecule has 1 aromatic carbocycles. The van der Waals surface area contributed by atoms with E-state index in [0.29, 0.717) is 17.9 Å². The molecule has 2 saturated carbocycles. The number of hydrogen-bond donors (Lipinski definition) is 2. The number of amides is 3. The normalized spacial score (nSPS) is 24.2. The molecular weight excluding hydrogens is 428 g/mol. The number of carbonyl (C=O) groups excluding carboxylic acids is 3. The lowest BCUT2D eigenvalue weighted by Crippen LogP contribution is -2.67. The summed E-state index contributed by atoms with van der Waals surface area (Å²) in [6, 6.07) is 7.96. The van der Waals surface area contributed by atoms with Crippen molar-refractivity contribution in [1.82, 2.24) is 14.8 Å². The number of nitrogens with one attached hydrogen (secondary N) is 2. The van der Waals surface area contributed by atoms with Gasteiger partial charge in [-0.15, -0.1) is 0 Å². The Kier molecular flexibility index (Phi) is 6.13. The van der Waals surface area contributed by atoms with Gasteiger partial charge in [0.15, 0.2) is 0 Å². The molecule has 1 atom stereocenters. The van der Waals surface area contributed by atoms with Crippen LogP contribution in [-0.2, 0) is 16.1 Å². The fourth-order valence-electron chi connectivity index (χ4n) is 6.39. The standard InChI is InChI=1S/C27H36N4O3/c1-18(32)28-23-21-15-9-10-16-22(21)30-17-27(2,26(34)29-19-11-5-3-6-12-19)31(25(33)24(23)30)20-13-7-4-8-14-20/h9-10,15-16,19-20H,3-8,11-14,17H2,1-2H3,(H,28,32)(H,29,34)/t27-/m0/s1. The lowest BCUT2D eigenvalue weighted by atomic mass is 9.86. The van der Waals surface area contributed by atoms with Crippen LogP contribution in [0, 0.1) is 0 Å². The Labute approximate surface area is 201 Å². The van der Waals surface area contributed by atoms with Crippen molar-refractivity contribution in [2.24, 2.45) is 0 Å². The summed E-state index contributed by atoms with van der Waals surface area (Å²) in [6.45, 7) is 3.78. The van der Waals surface area contributed by atoms with E-state index in [2.05, 4.69) is 10.6 Å². The number of carbonyl (C=O) groups is 3. The first kappa shape index (κ1) is 22.9. The van der Waals surface area contributed by atoms with Crippen LogP contribution in [-0.4, -0.2) is 44.8 Å². The number of aromatic nitrogens is 1. The molecule has 5 rings (SSSR count). The van der Waals surface area contributed by atoms with Crippen LogP contribution in [0.4, 0.5) is 5.69 Å². The van der Waals surface area contributed by atoms with Gasteiger partial charge in [-0.05, 0) is 38.7 Å². The van der Waals surface area contributed by atoms with Gasteiger partial charge in [0.25, 0.3) is 5.91 Å². The van der Waals surface area contributed by atoms with Gasteiger partial charge >= 0.3 is 0 Å². The zero-order valence-corrected chi connectivity index (χ0v) is 20.4.